The predicted molar refractivity (Wildman–Crippen MR) is 92.2 cm³/mol. The Hall–Kier alpha value is -0.610. The zero-order chi connectivity index (χ0) is 16.7. The lowest BCUT2D eigenvalue weighted by atomic mass is 9.67. The van der Waals surface area contributed by atoms with Crippen LogP contribution in [0, 0.1) is 5.41 Å². The molecule has 3 rings (SSSR count). The Balaban J connectivity index is 1.66. The van der Waals surface area contributed by atoms with Gasteiger partial charge in [0.2, 0.25) is 5.91 Å². The van der Waals surface area contributed by atoms with Crippen molar-refractivity contribution < 1.29 is 9.90 Å². The fraction of sp³-hybridized carbons (Fsp3) is 0.947. The molecule has 0 radical (unpaired) electrons. The van der Waals surface area contributed by atoms with E-state index in [1.165, 1.54) is 32.1 Å². The second-order valence-corrected chi connectivity index (χ2v) is 8.81. The molecule has 0 bridgehead atoms. The van der Waals surface area contributed by atoms with E-state index in [9.17, 15) is 9.90 Å². The van der Waals surface area contributed by atoms with Crippen molar-refractivity contribution in [2.24, 2.45) is 5.41 Å². The van der Waals surface area contributed by atoms with Crippen LogP contribution < -0.4 is 0 Å². The van der Waals surface area contributed by atoms with E-state index in [0.717, 1.165) is 44.9 Å². The third-order valence-corrected chi connectivity index (χ3v) is 6.96. The van der Waals surface area contributed by atoms with Crippen LogP contribution in [0.15, 0.2) is 0 Å². The number of hydrogen-bond donors (Lipinski definition) is 1. The first-order chi connectivity index (χ1) is 10.8. The summed E-state index contributed by atoms with van der Waals surface area (Å²) in [5.41, 5.74) is -0.302. The summed E-state index contributed by atoms with van der Waals surface area (Å²) in [5.74, 6) is 0.0998. The first kappa shape index (κ1) is 17.2. The molecule has 1 atom stereocenters. The summed E-state index contributed by atoms with van der Waals surface area (Å²) in [7, 11) is 0. The van der Waals surface area contributed by atoms with Crippen molar-refractivity contribution in [1.29, 1.82) is 0 Å². The Bertz CT molecular complexity index is 435. The second kappa shape index (κ2) is 6.36. The van der Waals surface area contributed by atoms with Gasteiger partial charge in [-0.2, -0.15) is 0 Å². The van der Waals surface area contributed by atoms with Gasteiger partial charge in [0.1, 0.15) is 0 Å². The Morgan fingerprint density at radius 2 is 1.70 bits per heavy atom. The number of likely N-dealkylation sites (tertiary alicyclic amines) is 2. The summed E-state index contributed by atoms with van der Waals surface area (Å²) in [6.45, 7) is 8.76. The molecule has 1 saturated carbocycles. The van der Waals surface area contributed by atoms with Gasteiger partial charge in [-0.1, -0.05) is 19.3 Å². The SMILES string of the molecule is CC(=O)N1CC2(CCN(C3CCCCC3)CC2)CC(O)C1(C)C. The molecular weight excluding hydrogens is 288 g/mol. The Morgan fingerprint density at radius 1 is 1.09 bits per heavy atom. The van der Waals surface area contributed by atoms with Crippen molar-refractivity contribution >= 4 is 5.91 Å². The molecule has 23 heavy (non-hydrogen) atoms. The second-order valence-electron chi connectivity index (χ2n) is 8.81. The predicted octanol–water partition coefficient (Wildman–Crippen LogP) is 2.79. The van der Waals surface area contributed by atoms with Crippen molar-refractivity contribution in [1.82, 2.24) is 9.80 Å². The van der Waals surface area contributed by atoms with Gasteiger partial charge in [0.25, 0.3) is 0 Å². The number of rotatable bonds is 1. The first-order valence-electron chi connectivity index (χ1n) is 9.54. The van der Waals surface area contributed by atoms with Crippen LogP contribution >= 0.6 is 0 Å². The molecule has 0 aromatic heterocycles. The van der Waals surface area contributed by atoms with Crippen LogP contribution in [-0.2, 0) is 4.79 Å². The molecule has 1 spiro atoms. The van der Waals surface area contributed by atoms with Crippen molar-refractivity contribution in [2.75, 3.05) is 19.6 Å². The van der Waals surface area contributed by atoms with E-state index >= 15 is 0 Å². The molecule has 1 amide bonds. The van der Waals surface area contributed by atoms with Gasteiger partial charge in [0.15, 0.2) is 0 Å². The quantitative estimate of drug-likeness (QED) is 0.807. The lowest BCUT2D eigenvalue weighted by molar-refractivity contribution is -0.157. The highest BCUT2D eigenvalue weighted by Gasteiger charge is 2.50. The number of carbonyl (C=O) groups is 1. The topological polar surface area (TPSA) is 43.8 Å². The van der Waals surface area contributed by atoms with Crippen molar-refractivity contribution in [2.45, 2.75) is 89.8 Å². The fourth-order valence-corrected chi connectivity index (χ4v) is 5.13. The molecule has 3 fully saturated rings. The maximum absolute atomic E-state index is 12.1. The Morgan fingerprint density at radius 3 is 2.26 bits per heavy atom. The number of nitrogens with zero attached hydrogens (tertiary/aromatic N) is 2. The van der Waals surface area contributed by atoms with Crippen LogP contribution in [0.5, 0.6) is 0 Å². The Kier molecular flexibility index (Phi) is 4.76. The average Bonchev–Trinajstić information content (AvgIpc) is 2.53. The zero-order valence-corrected chi connectivity index (χ0v) is 15.2. The molecule has 1 N–H and O–H groups in total. The lowest BCUT2D eigenvalue weighted by Crippen LogP contribution is -2.65. The van der Waals surface area contributed by atoms with Crippen molar-refractivity contribution in [3.8, 4) is 0 Å². The largest absolute Gasteiger partial charge is 0.391 e. The van der Waals surface area contributed by atoms with Crippen LogP contribution in [0.2, 0.25) is 0 Å². The smallest absolute Gasteiger partial charge is 0.219 e. The number of aliphatic hydroxyl groups excluding tert-OH is 1. The number of amides is 1. The molecule has 132 valence electrons. The molecule has 0 aromatic rings. The molecule has 1 aliphatic carbocycles. The lowest BCUT2D eigenvalue weighted by Gasteiger charge is -2.56. The van der Waals surface area contributed by atoms with Gasteiger partial charge in [0.05, 0.1) is 11.6 Å². The van der Waals surface area contributed by atoms with E-state index in [4.69, 9.17) is 0 Å². The zero-order valence-electron chi connectivity index (χ0n) is 15.2. The number of carbonyl (C=O) groups excluding carboxylic acids is 1. The van der Waals surface area contributed by atoms with Gasteiger partial charge < -0.3 is 14.9 Å². The average molecular weight is 322 g/mol. The minimum Gasteiger partial charge on any atom is -0.391 e. The van der Waals surface area contributed by atoms with Crippen LogP contribution in [-0.4, -0.2) is 58.1 Å². The molecule has 4 nitrogen and oxygen atoms in total. The van der Waals surface area contributed by atoms with E-state index in [1.807, 2.05) is 18.7 Å². The third-order valence-electron chi connectivity index (χ3n) is 6.96. The standard InChI is InChI=1S/C19H34N2O2/c1-15(22)21-14-19(13-17(23)18(21,2)3)9-11-20(12-10-19)16-7-5-4-6-8-16/h16-17,23H,4-14H2,1-3H3. The van der Waals surface area contributed by atoms with Gasteiger partial charge in [-0.15, -0.1) is 0 Å². The van der Waals surface area contributed by atoms with E-state index in [0.29, 0.717) is 0 Å². The van der Waals surface area contributed by atoms with Crippen molar-refractivity contribution in [3.05, 3.63) is 0 Å². The van der Waals surface area contributed by atoms with Crippen LogP contribution in [0.4, 0.5) is 0 Å². The van der Waals surface area contributed by atoms with Crippen LogP contribution in [0.1, 0.15) is 72.1 Å². The number of hydrogen-bond acceptors (Lipinski definition) is 3. The van der Waals surface area contributed by atoms with Crippen LogP contribution in [0.3, 0.4) is 0 Å². The summed E-state index contributed by atoms with van der Waals surface area (Å²) in [6, 6.07) is 0.787. The minimum atomic E-state index is -0.433. The minimum absolute atomic E-state index is 0.0998. The monoisotopic (exact) mass is 322 g/mol. The molecular formula is C19H34N2O2. The molecule has 2 heterocycles. The molecule has 2 aliphatic heterocycles. The van der Waals surface area contributed by atoms with E-state index in [-0.39, 0.29) is 11.3 Å². The molecule has 4 heteroatoms. The van der Waals surface area contributed by atoms with Crippen molar-refractivity contribution in [3.63, 3.8) is 0 Å². The van der Waals surface area contributed by atoms with E-state index in [2.05, 4.69) is 4.90 Å². The third kappa shape index (κ3) is 3.30. The maximum Gasteiger partial charge on any atom is 0.219 e. The van der Waals surface area contributed by atoms with E-state index < -0.39 is 11.6 Å². The fourth-order valence-electron chi connectivity index (χ4n) is 5.13. The summed E-state index contributed by atoms with van der Waals surface area (Å²) in [4.78, 5) is 16.7. The van der Waals surface area contributed by atoms with Gasteiger partial charge in [-0.3, -0.25) is 4.79 Å². The van der Waals surface area contributed by atoms with E-state index in [1.54, 1.807) is 6.92 Å². The molecule has 0 aromatic carbocycles. The Labute approximate surface area is 141 Å². The van der Waals surface area contributed by atoms with Crippen LogP contribution in [0.25, 0.3) is 0 Å². The first-order valence-corrected chi connectivity index (χ1v) is 9.54. The summed E-state index contributed by atoms with van der Waals surface area (Å²) < 4.78 is 0. The van der Waals surface area contributed by atoms with Gasteiger partial charge >= 0.3 is 0 Å². The summed E-state index contributed by atoms with van der Waals surface area (Å²) in [5, 5.41) is 10.7. The van der Waals surface area contributed by atoms with Gasteiger partial charge in [0, 0.05) is 19.5 Å². The maximum atomic E-state index is 12.1. The highest BCUT2D eigenvalue weighted by Crippen LogP contribution is 2.45. The molecule has 1 unspecified atom stereocenters. The normalized spacial score (nSPS) is 32.2. The highest BCUT2D eigenvalue weighted by atomic mass is 16.3. The number of piperidine rings is 2. The summed E-state index contributed by atoms with van der Waals surface area (Å²) >= 11 is 0. The molecule has 3 aliphatic rings. The van der Waals surface area contributed by atoms with Gasteiger partial charge in [-0.05, 0) is 64.5 Å². The highest BCUT2D eigenvalue weighted by molar-refractivity contribution is 5.74. The number of aliphatic hydroxyl groups is 1. The summed E-state index contributed by atoms with van der Waals surface area (Å²) in [6.07, 6.45) is 9.59. The van der Waals surface area contributed by atoms with Gasteiger partial charge in [-0.25, -0.2) is 0 Å². The molecule has 2 saturated heterocycles.